The molecule has 4 rings (SSSR count). The van der Waals surface area contributed by atoms with Crippen molar-refractivity contribution >= 4 is 16.9 Å². The number of carbonyl (C=O) groups excluding carboxylic acids is 1. The molecule has 1 saturated heterocycles. The fourth-order valence-electron chi connectivity index (χ4n) is 3.74. The molecule has 6 nitrogen and oxygen atoms in total. The quantitative estimate of drug-likeness (QED) is 0.796. The third-order valence-corrected chi connectivity index (χ3v) is 5.05. The van der Waals surface area contributed by atoms with Crippen LogP contribution in [0.3, 0.4) is 0 Å². The van der Waals surface area contributed by atoms with Crippen LogP contribution in [-0.2, 0) is 17.8 Å². The predicted octanol–water partition coefficient (Wildman–Crippen LogP) is 2.99. The average Bonchev–Trinajstić information content (AvgIpc) is 3.33. The molecule has 130 valence electrons. The van der Waals surface area contributed by atoms with Crippen LogP contribution in [-0.4, -0.2) is 36.9 Å². The van der Waals surface area contributed by atoms with E-state index in [1.165, 1.54) is 0 Å². The Morgan fingerprint density at radius 1 is 1.40 bits per heavy atom. The summed E-state index contributed by atoms with van der Waals surface area (Å²) in [5.41, 5.74) is 3.19. The molecule has 1 atom stereocenters. The van der Waals surface area contributed by atoms with Crippen molar-refractivity contribution in [3.63, 3.8) is 0 Å². The van der Waals surface area contributed by atoms with Gasteiger partial charge in [-0.25, -0.2) is 9.97 Å². The smallest absolute Gasteiger partial charge is 0.243 e. The Morgan fingerprint density at radius 2 is 2.28 bits per heavy atom. The zero-order valence-electron chi connectivity index (χ0n) is 14.7. The van der Waals surface area contributed by atoms with Crippen molar-refractivity contribution in [2.24, 2.45) is 0 Å². The highest BCUT2D eigenvalue weighted by molar-refractivity contribution is 5.79. The lowest BCUT2D eigenvalue weighted by molar-refractivity contribution is -0.132. The second kappa shape index (κ2) is 6.35. The first-order valence-electron chi connectivity index (χ1n) is 8.92. The van der Waals surface area contributed by atoms with E-state index in [1.807, 2.05) is 27.8 Å². The van der Waals surface area contributed by atoms with Gasteiger partial charge in [0.1, 0.15) is 18.2 Å². The number of para-hydroxylation sites is 1. The molecule has 0 bridgehead atoms. The highest BCUT2D eigenvalue weighted by Gasteiger charge is 2.32. The van der Waals surface area contributed by atoms with Gasteiger partial charge in [0, 0.05) is 25.4 Å². The molecule has 2 aromatic heterocycles. The van der Waals surface area contributed by atoms with E-state index in [9.17, 15) is 4.79 Å². The molecular formula is C19H23N5O. The van der Waals surface area contributed by atoms with Gasteiger partial charge in [-0.15, -0.1) is 0 Å². The molecule has 1 N–H and O–H groups in total. The van der Waals surface area contributed by atoms with Gasteiger partial charge in [0.15, 0.2) is 0 Å². The summed E-state index contributed by atoms with van der Waals surface area (Å²) < 4.78 is 1.94. The Labute approximate surface area is 146 Å². The van der Waals surface area contributed by atoms with Gasteiger partial charge in [0.05, 0.1) is 17.1 Å². The molecule has 6 heteroatoms. The van der Waals surface area contributed by atoms with Gasteiger partial charge in [0.2, 0.25) is 5.91 Å². The molecule has 3 heterocycles. The van der Waals surface area contributed by atoms with E-state index < -0.39 is 0 Å². The number of amides is 1. The van der Waals surface area contributed by atoms with Gasteiger partial charge in [0.25, 0.3) is 0 Å². The number of H-pyrrole nitrogens is 1. The summed E-state index contributed by atoms with van der Waals surface area (Å²) in [5, 5.41) is 0. The van der Waals surface area contributed by atoms with Crippen LogP contribution in [0.15, 0.2) is 30.6 Å². The lowest BCUT2D eigenvalue weighted by Crippen LogP contribution is -2.34. The van der Waals surface area contributed by atoms with Crippen molar-refractivity contribution in [3.8, 4) is 0 Å². The van der Waals surface area contributed by atoms with Crippen LogP contribution in [0.1, 0.15) is 43.0 Å². The van der Waals surface area contributed by atoms with Gasteiger partial charge in [-0.1, -0.05) is 19.1 Å². The number of nitrogens with one attached hydrogen (secondary N) is 1. The second-order valence-electron chi connectivity index (χ2n) is 6.66. The van der Waals surface area contributed by atoms with Gasteiger partial charge in [-0.2, -0.15) is 0 Å². The molecule has 1 aromatic carbocycles. The zero-order chi connectivity index (χ0) is 17.4. The summed E-state index contributed by atoms with van der Waals surface area (Å²) in [5.74, 6) is 1.98. The number of aryl methyl sites for hydroxylation is 2. The minimum absolute atomic E-state index is 0.0351. The Balaban J connectivity index is 1.59. The summed E-state index contributed by atoms with van der Waals surface area (Å²) in [7, 11) is 0. The average molecular weight is 337 g/mol. The number of fused-ring (bicyclic) bond motifs is 1. The van der Waals surface area contributed by atoms with Crippen molar-refractivity contribution in [2.45, 2.75) is 45.7 Å². The minimum atomic E-state index is 0.0351. The van der Waals surface area contributed by atoms with Crippen LogP contribution in [0, 0.1) is 6.92 Å². The number of nitrogens with zero attached hydrogens (tertiary/aromatic N) is 4. The van der Waals surface area contributed by atoms with E-state index in [0.717, 1.165) is 54.1 Å². The molecule has 1 aliphatic rings. The number of hydrogen-bond donors (Lipinski definition) is 1. The summed E-state index contributed by atoms with van der Waals surface area (Å²) in [6.45, 7) is 5.25. The summed E-state index contributed by atoms with van der Waals surface area (Å²) in [6.07, 6.45) is 6.43. The molecule has 3 aromatic rings. The Morgan fingerprint density at radius 3 is 3.08 bits per heavy atom. The van der Waals surface area contributed by atoms with Crippen molar-refractivity contribution in [1.82, 2.24) is 24.4 Å². The maximum Gasteiger partial charge on any atom is 0.243 e. The fourth-order valence-corrected chi connectivity index (χ4v) is 3.74. The highest BCUT2D eigenvalue weighted by Crippen LogP contribution is 2.32. The number of hydrogen-bond acceptors (Lipinski definition) is 3. The Kier molecular flexibility index (Phi) is 4.03. The molecule has 1 unspecified atom stereocenters. The minimum Gasteiger partial charge on any atom is -0.340 e. The molecule has 0 spiro atoms. The van der Waals surface area contributed by atoms with Crippen molar-refractivity contribution < 1.29 is 4.79 Å². The van der Waals surface area contributed by atoms with Gasteiger partial charge in [-0.05, 0) is 31.4 Å². The van der Waals surface area contributed by atoms with Crippen LogP contribution < -0.4 is 0 Å². The van der Waals surface area contributed by atoms with Crippen molar-refractivity contribution in [1.29, 1.82) is 0 Å². The maximum absolute atomic E-state index is 12.9. The number of imidazole rings is 2. The molecule has 0 radical (unpaired) electrons. The molecule has 1 fully saturated rings. The topological polar surface area (TPSA) is 66.8 Å². The zero-order valence-corrected chi connectivity index (χ0v) is 14.7. The molecule has 25 heavy (non-hydrogen) atoms. The monoisotopic (exact) mass is 337 g/mol. The maximum atomic E-state index is 12.9. The Bertz CT molecular complexity index is 910. The first-order chi connectivity index (χ1) is 12.2. The van der Waals surface area contributed by atoms with Crippen LogP contribution in [0.4, 0.5) is 0 Å². The third kappa shape index (κ3) is 2.81. The van der Waals surface area contributed by atoms with Crippen LogP contribution in [0.2, 0.25) is 0 Å². The molecule has 1 aliphatic heterocycles. The number of aromatic nitrogens is 4. The van der Waals surface area contributed by atoms with Crippen LogP contribution in [0.25, 0.3) is 11.0 Å². The first kappa shape index (κ1) is 15.9. The molecule has 0 aliphatic carbocycles. The number of aromatic amines is 1. The van der Waals surface area contributed by atoms with Gasteiger partial charge < -0.3 is 14.5 Å². The molecule has 1 amide bonds. The lowest BCUT2D eigenvalue weighted by Gasteiger charge is -2.23. The molecular weight excluding hydrogens is 314 g/mol. The SMILES string of the molecule is CCc1nccn1CC(=O)N1CCCC1c1nc2c(C)cccc2[nH]1. The van der Waals surface area contributed by atoms with Crippen molar-refractivity contribution in [3.05, 3.63) is 47.8 Å². The van der Waals surface area contributed by atoms with E-state index in [2.05, 4.69) is 29.9 Å². The van der Waals surface area contributed by atoms with E-state index in [-0.39, 0.29) is 11.9 Å². The highest BCUT2D eigenvalue weighted by atomic mass is 16.2. The Hall–Kier alpha value is -2.63. The standard InChI is InChI=1S/C19H23N5O/c1-3-16-20-9-11-23(16)12-17(25)24-10-5-8-15(24)19-21-14-7-4-6-13(2)18(14)22-19/h4,6-7,9,11,15H,3,5,8,10,12H2,1-2H3,(H,21,22). The largest absolute Gasteiger partial charge is 0.340 e. The van der Waals surface area contributed by atoms with E-state index in [1.54, 1.807) is 6.20 Å². The first-order valence-corrected chi connectivity index (χ1v) is 8.92. The number of benzene rings is 1. The second-order valence-corrected chi connectivity index (χ2v) is 6.66. The van der Waals surface area contributed by atoms with Gasteiger partial charge in [-0.3, -0.25) is 4.79 Å². The fraction of sp³-hybridized carbons (Fsp3) is 0.421. The number of rotatable bonds is 4. The third-order valence-electron chi connectivity index (χ3n) is 5.05. The lowest BCUT2D eigenvalue weighted by atomic mass is 10.2. The number of likely N-dealkylation sites (tertiary alicyclic amines) is 1. The normalized spacial score (nSPS) is 17.5. The predicted molar refractivity (Wildman–Crippen MR) is 96.1 cm³/mol. The van der Waals surface area contributed by atoms with E-state index in [0.29, 0.717) is 6.54 Å². The van der Waals surface area contributed by atoms with E-state index >= 15 is 0 Å². The van der Waals surface area contributed by atoms with Crippen LogP contribution >= 0.6 is 0 Å². The van der Waals surface area contributed by atoms with Crippen LogP contribution in [0.5, 0.6) is 0 Å². The van der Waals surface area contributed by atoms with E-state index in [4.69, 9.17) is 4.98 Å². The summed E-state index contributed by atoms with van der Waals surface area (Å²) in [6, 6.07) is 6.17. The number of carbonyl (C=O) groups is 1. The molecule has 0 saturated carbocycles. The summed E-state index contributed by atoms with van der Waals surface area (Å²) >= 11 is 0. The summed E-state index contributed by atoms with van der Waals surface area (Å²) in [4.78, 5) is 27.4. The van der Waals surface area contributed by atoms with Gasteiger partial charge >= 0.3 is 0 Å². The van der Waals surface area contributed by atoms with Crippen molar-refractivity contribution in [2.75, 3.05) is 6.54 Å².